The van der Waals surface area contributed by atoms with Crippen molar-refractivity contribution in [3.63, 3.8) is 0 Å². The van der Waals surface area contributed by atoms with Gasteiger partial charge in [-0.3, -0.25) is 15.0 Å². The van der Waals surface area contributed by atoms with E-state index in [1.807, 2.05) is 46.4 Å². The molecule has 6 heteroatoms. The molecule has 0 radical (unpaired) electrons. The summed E-state index contributed by atoms with van der Waals surface area (Å²) in [6, 6.07) is 0.544. The van der Waals surface area contributed by atoms with Crippen molar-refractivity contribution < 1.29 is 0 Å². The molecule has 0 bridgehead atoms. The van der Waals surface area contributed by atoms with Gasteiger partial charge in [0.1, 0.15) is 0 Å². The number of aliphatic imine (C=N–C) groups is 3. The zero-order valence-electron chi connectivity index (χ0n) is 18.7. The monoisotopic (exact) mass is 429 g/mol. The Morgan fingerprint density at radius 3 is 1.81 bits per heavy atom. The van der Waals surface area contributed by atoms with E-state index in [1.165, 1.54) is 16.5 Å². The third-order valence-electron chi connectivity index (χ3n) is 4.33. The molecular weight excluding hydrogens is 390 g/mol. The molecule has 0 aromatic rings. The summed E-state index contributed by atoms with van der Waals surface area (Å²) in [7, 11) is 0. The van der Waals surface area contributed by atoms with Gasteiger partial charge >= 0.3 is 0 Å². The summed E-state index contributed by atoms with van der Waals surface area (Å²) in [6.45, 7) is 22.2. The van der Waals surface area contributed by atoms with E-state index in [4.69, 9.17) is 0 Å². The highest BCUT2D eigenvalue weighted by molar-refractivity contribution is 8.14. The van der Waals surface area contributed by atoms with Gasteiger partial charge in [0.2, 0.25) is 0 Å². The van der Waals surface area contributed by atoms with Crippen LogP contribution in [0.4, 0.5) is 0 Å². The summed E-state index contributed by atoms with van der Waals surface area (Å²) in [5, 5.41) is 2.03. The topological polar surface area (TPSA) is 37.1 Å². The largest absolute Gasteiger partial charge is 0.285 e. The van der Waals surface area contributed by atoms with Gasteiger partial charge in [0, 0.05) is 28.7 Å². The van der Waals surface area contributed by atoms with Crippen LogP contribution in [0.3, 0.4) is 0 Å². The molecule has 3 rings (SSSR count). The smallest absolute Gasteiger partial charge is 0.0730 e. The van der Waals surface area contributed by atoms with Gasteiger partial charge in [-0.2, -0.15) is 0 Å². The molecule has 2 unspecified atom stereocenters. The number of nitrogens with zero attached hydrogens (tertiary/aromatic N) is 3. The van der Waals surface area contributed by atoms with Gasteiger partial charge < -0.3 is 0 Å². The lowest BCUT2D eigenvalue weighted by molar-refractivity contribution is 0.349. The first-order valence-electron chi connectivity index (χ1n) is 9.76. The van der Waals surface area contributed by atoms with Crippen molar-refractivity contribution in [2.45, 2.75) is 73.6 Å². The molecule has 3 aliphatic rings. The third-order valence-corrected chi connectivity index (χ3v) is 7.97. The lowest BCUT2D eigenvalue weighted by atomic mass is 9.88. The molecule has 3 aliphatic heterocycles. The fourth-order valence-corrected chi connectivity index (χ4v) is 5.31. The average molecular weight is 430 g/mol. The summed E-state index contributed by atoms with van der Waals surface area (Å²) in [5.41, 5.74) is 5.01. The maximum Gasteiger partial charge on any atom is 0.0730 e. The number of hydrogen-bond donors (Lipinski definition) is 0. The van der Waals surface area contributed by atoms with Gasteiger partial charge in [-0.25, -0.2) is 0 Å². The molecule has 156 valence electrons. The highest BCUT2D eigenvalue weighted by atomic mass is 32.2. The molecule has 0 N–H and O–H groups in total. The first-order chi connectivity index (χ1) is 12.3. The molecule has 2 atom stereocenters. The van der Waals surface area contributed by atoms with Crippen LogP contribution >= 0.6 is 35.3 Å². The molecule has 0 saturated carbocycles. The number of thioether (sulfide) groups is 3. The minimum absolute atomic E-state index is 0.293. The lowest BCUT2D eigenvalue weighted by Gasteiger charge is -2.24. The van der Waals surface area contributed by atoms with Crippen molar-refractivity contribution in [3.8, 4) is 0 Å². The van der Waals surface area contributed by atoms with Crippen molar-refractivity contribution in [3.05, 3.63) is 0 Å². The van der Waals surface area contributed by atoms with Crippen LogP contribution < -0.4 is 0 Å². The van der Waals surface area contributed by atoms with E-state index in [0.717, 1.165) is 13.1 Å². The Bertz CT molecular complexity index is 526. The van der Waals surface area contributed by atoms with E-state index in [-0.39, 0.29) is 0 Å². The molecule has 3 heterocycles. The standard InChI is InChI=1S/3C7H13NS/c1-7(2,3)6-4-9-5-8-6;1-7(2,3)6-4-8-5-9-6;1-7(2,3)6-8-4-5-9-6/h2*5-6H,4H2,1-3H3;4-5H2,1-3H3. The second kappa shape index (κ2) is 10.7. The minimum Gasteiger partial charge on any atom is -0.285 e. The highest BCUT2D eigenvalue weighted by Gasteiger charge is 2.26. The summed E-state index contributed by atoms with van der Waals surface area (Å²) in [6.07, 6.45) is 0. The Hall–Kier alpha value is 0.0600. The molecular formula is C21H39N3S3. The van der Waals surface area contributed by atoms with Gasteiger partial charge in [0.25, 0.3) is 0 Å². The normalized spacial score (nSPS) is 24.9. The zero-order valence-corrected chi connectivity index (χ0v) is 21.2. The van der Waals surface area contributed by atoms with Crippen LogP contribution in [0, 0.1) is 16.2 Å². The fourth-order valence-electron chi connectivity index (χ4n) is 2.33. The van der Waals surface area contributed by atoms with Crippen LogP contribution in [0.2, 0.25) is 0 Å². The van der Waals surface area contributed by atoms with Crippen LogP contribution in [0.25, 0.3) is 0 Å². The van der Waals surface area contributed by atoms with E-state index in [2.05, 4.69) is 77.3 Å². The third kappa shape index (κ3) is 9.89. The second-order valence-corrected chi connectivity index (χ2v) is 13.2. The first kappa shape index (κ1) is 25.1. The van der Waals surface area contributed by atoms with Crippen molar-refractivity contribution in [1.82, 2.24) is 0 Å². The zero-order chi connectivity index (χ0) is 20.7. The van der Waals surface area contributed by atoms with Crippen molar-refractivity contribution >= 4 is 51.4 Å². The highest BCUT2D eigenvalue weighted by Crippen LogP contribution is 2.32. The molecule has 0 aromatic heterocycles. The van der Waals surface area contributed by atoms with Crippen molar-refractivity contribution in [2.24, 2.45) is 31.2 Å². The SMILES string of the molecule is CC(C)(C)C1=NCCS1.CC(C)(C)C1CN=CS1.CC(C)(C)C1CSC=N1. The minimum atomic E-state index is 0.293. The molecule has 0 saturated heterocycles. The van der Waals surface area contributed by atoms with Crippen molar-refractivity contribution in [2.75, 3.05) is 24.6 Å². The van der Waals surface area contributed by atoms with Gasteiger partial charge in [0.15, 0.2) is 0 Å². The predicted octanol–water partition coefficient (Wildman–Crippen LogP) is 6.53. The van der Waals surface area contributed by atoms with Crippen LogP contribution in [-0.4, -0.2) is 52.0 Å². The maximum absolute atomic E-state index is 4.39. The summed E-state index contributed by atoms with van der Waals surface area (Å²) in [4.78, 5) is 12.9. The quantitative estimate of drug-likeness (QED) is 0.439. The summed E-state index contributed by atoms with van der Waals surface area (Å²) >= 11 is 5.57. The van der Waals surface area contributed by atoms with Gasteiger partial charge in [-0.15, -0.1) is 35.3 Å². The molecule has 27 heavy (non-hydrogen) atoms. The predicted molar refractivity (Wildman–Crippen MR) is 133 cm³/mol. The Kier molecular flexibility index (Phi) is 9.97. The van der Waals surface area contributed by atoms with E-state index in [0.29, 0.717) is 27.5 Å². The molecule has 0 aromatic carbocycles. The Labute approximate surface area is 180 Å². The first-order valence-corrected chi connectivity index (χ1v) is 12.7. The fraction of sp³-hybridized carbons (Fsp3) is 0.857. The Morgan fingerprint density at radius 2 is 1.59 bits per heavy atom. The van der Waals surface area contributed by atoms with E-state index in [9.17, 15) is 0 Å². The van der Waals surface area contributed by atoms with Gasteiger partial charge in [0.05, 0.1) is 28.7 Å². The lowest BCUT2D eigenvalue weighted by Crippen LogP contribution is -2.24. The maximum atomic E-state index is 4.39. The van der Waals surface area contributed by atoms with Crippen LogP contribution in [-0.2, 0) is 0 Å². The average Bonchev–Trinajstić information content (AvgIpc) is 3.28. The molecule has 0 amide bonds. The van der Waals surface area contributed by atoms with E-state index in [1.54, 1.807) is 0 Å². The van der Waals surface area contributed by atoms with Crippen LogP contribution in [0.15, 0.2) is 15.0 Å². The number of rotatable bonds is 0. The second-order valence-electron chi connectivity index (χ2n) is 10.2. The van der Waals surface area contributed by atoms with Gasteiger partial charge in [-0.1, -0.05) is 62.3 Å². The van der Waals surface area contributed by atoms with Gasteiger partial charge in [-0.05, 0) is 10.8 Å². The number of hydrogen-bond acceptors (Lipinski definition) is 6. The molecule has 0 fully saturated rings. The Morgan fingerprint density at radius 1 is 0.926 bits per heavy atom. The van der Waals surface area contributed by atoms with E-state index >= 15 is 0 Å². The summed E-state index contributed by atoms with van der Waals surface area (Å²) in [5.74, 6) is 2.36. The van der Waals surface area contributed by atoms with Crippen LogP contribution in [0.1, 0.15) is 62.3 Å². The van der Waals surface area contributed by atoms with Crippen LogP contribution in [0.5, 0.6) is 0 Å². The van der Waals surface area contributed by atoms with Crippen molar-refractivity contribution in [1.29, 1.82) is 0 Å². The summed E-state index contributed by atoms with van der Waals surface area (Å²) < 4.78 is 0. The molecule has 3 nitrogen and oxygen atoms in total. The molecule has 0 aliphatic carbocycles. The van der Waals surface area contributed by atoms with E-state index < -0.39 is 0 Å². The Balaban J connectivity index is 0.000000202. The molecule has 0 spiro atoms.